The van der Waals surface area contributed by atoms with Gasteiger partial charge in [-0.05, 0) is 30.0 Å². The predicted octanol–water partition coefficient (Wildman–Crippen LogP) is 2.82. The first-order chi connectivity index (χ1) is 5.11. The molecule has 0 amide bonds. The quantitative estimate of drug-likeness (QED) is 0.768. The van der Waals surface area contributed by atoms with Crippen molar-refractivity contribution in [1.29, 1.82) is 0 Å². The summed E-state index contributed by atoms with van der Waals surface area (Å²) in [5.74, 6) is 0.887. The minimum absolute atomic E-state index is 0. The Balaban J connectivity index is 0.00000121. The first-order valence-electron chi connectivity index (χ1n) is 3.91. The first-order valence-corrected chi connectivity index (χ1v) is 3.91. The van der Waals surface area contributed by atoms with E-state index in [0.29, 0.717) is 11.7 Å². The maximum Gasteiger partial charge on any atom is 0.118 e. The molecular weight excluding hydrogens is 244 g/mol. The second kappa shape index (κ2) is 4.70. The number of phenolic OH excluding ortho intramolecular Hbond substituents is 1. The molecule has 1 nitrogen and oxygen atoms in total. The number of hydrogen-bond acceptors (Lipinski definition) is 1. The molecule has 0 aliphatic rings. The van der Waals surface area contributed by atoms with Crippen LogP contribution in [-0.4, -0.2) is 5.11 Å². The first kappa shape index (κ1) is 11.8. The van der Waals surface area contributed by atoms with Gasteiger partial charge in [-0.1, -0.05) is 26.0 Å². The third kappa shape index (κ3) is 2.67. The van der Waals surface area contributed by atoms with E-state index in [1.807, 2.05) is 19.1 Å². The molecule has 0 atom stereocenters. The van der Waals surface area contributed by atoms with E-state index in [9.17, 15) is 5.11 Å². The molecule has 1 rings (SSSR count). The molecule has 0 heterocycles. The van der Waals surface area contributed by atoms with Crippen LogP contribution in [0.4, 0.5) is 0 Å². The Labute approximate surface area is 89.3 Å². The fourth-order valence-corrected chi connectivity index (χ4v) is 0.986. The molecule has 1 aromatic carbocycles. The summed E-state index contributed by atoms with van der Waals surface area (Å²) in [5, 5.41) is 9.35. The smallest absolute Gasteiger partial charge is 0.118 e. The van der Waals surface area contributed by atoms with Crippen molar-refractivity contribution in [3.63, 3.8) is 0 Å². The normalized spacial score (nSPS) is 9.67. The Kier molecular flexibility index (Phi) is 4.61. The Morgan fingerprint density at radius 2 is 1.83 bits per heavy atom. The Bertz CT molecular complexity index is 256. The summed E-state index contributed by atoms with van der Waals surface area (Å²) >= 11 is 0. The predicted molar refractivity (Wildman–Crippen MR) is 46.9 cm³/mol. The summed E-state index contributed by atoms with van der Waals surface area (Å²) in [6.45, 7) is 6.13. The topological polar surface area (TPSA) is 20.2 Å². The summed E-state index contributed by atoms with van der Waals surface area (Å²) < 4.78 is 0. The molecule has 0 fully saturated rings. The van der Waals surface area contributed by atoms with Gasteiger partial charge in [-0.15, -0.1) is 0 Å². The van der Waals surface area contributed by atoms with E-state index >= 15 is 0 Å². The summed E-state index contributed by atoms with van der Waals surface area (Å²) in [5.41, 5.74) is 2.13. The van der Waals surface area contributed by atoms with Crippen molar-refractivity contribution in [2.24, 2.45) is 0 Å². The number of rotatable bonds is 1. The van der Waals surface area contributed by atoms with E-state index in [1.165, 1.54) is 5.56 Å². The number of hydrogen-bond donors (Lipinski definition) is 1. The van der Waals surface area contributed by atoms with Gasteiger partial charge in [0.1, 0.15) is 5.75 Å². The van der Waals surface area contributed by atoms with Crippen LogP contribution >= 0.6 is 0 Å². The van der Waals surface area contributed by atoms with Gasteiger partial charge in [0.2, 0.25) is 0 Å². The molecule has 12 heavy (non-hydrogen) atoms. The molecule has 0 aliphatic carbocycles. The molecule has 0 aliphatic heterocycles. The molecule has 1 radical (unpaired) electrons. The van der Waals surface area contributed by atoms with E-state index in [-0.39, 0.29) is 22.4 Å². The van der Waals surface area contributed by atoms with Crippen molar-refractivity contribution in [2.45, 2.75) is 26.7 Å². The molecule has 0 saturated carbocycles. The fraction of sp³-hybridized carbons (Fsp3) is 0.400. The molecule has 0 aromatic heterocycles. The molecular formula is C10H14AgO. The van der Waals surface area contributed by atoms with Crippen LogP contribution in [0.5, 0.6) is 5.75 Å². The standard InChI is InChI=1S/C10H14O.Ag/c1-7(2)9-5-4-8(3)10(11)6-9;/h4-7,11H,1-3H3;. The van der Waals surface area contributed by atoms with E-state index in [1.54, 1.807) is 0 Å². The number of benzene rings is 1. The summed E-state index contributed by atoms with van der Waals surface area (Å²) in [4.78, 5) is 0. The molecule has 1 aromatic rings. The molecule has 0 saturated heterocycles. The van der Waals surface area contributed by atoms with Gasteiger partial charge in [0.25, 0.3) is 0 Å². The maximum atomic E-state index is 9.35. The zero-order valence-corrected chi connectivity index (χ0v) is 9.04. The van der Waals surface area contributed by atoms with Crippen molar-refractivity contribution >= 4 is 0 Å². The zero-order chi connectivity index (χ0) is 8.43. The molecule has 0 spiro atoms. The summed E-state index contributed by atoms with van der Waals surface area (Å²) in [7, 11) is 0. The zero-order valence-electron chi connectivity index (χ0n) is 7.56. The second-order valence-corrected chi connectivity index (χ2v) is 3.20. The van der Waals surface area contributed by atoms with Crippen LogP contribution < -0.4 is 0 Å². The van der Waals surface area contributed by atoms with Gasteiger partial charge < -0.3 is 5.11 Å². The van der Waals surface area contributed by atoms with Crippen LogP contribution in [0.3, 0.4) is 0 Å². The van der Waals surface area contributed by atoms with Crippen molar-refractivity contribution < 1.29 is 27.5 Å². The van der Waals surface area contributed by atoms with Crippen LogP contribution in [0.15, 0.2) is 18.2 Å². The maximum absolute atomic E-state index is 9.35. The Morgan fingerprint density at radius 1 is 1.25 bits per heavy atom. The van der Waals surface area contributed by atoms with Gasteiger partial charge in [0.15, 0.2) is 0 Å². The third-order valence-electron chi connectivity index (χ3n) is 1.90. The van der Waals surface area contributed by atoms with E-state index in [4.69, 9.17) is 0 Å². The van der Waals surface area contributed by atoms with Gasteiger partial charge in [0.05, 0.1) is 0 Å². The van der Waals surface area contributed by atoms with Gasteiger partial charge in [0, 0.05) is 22.4 Å². The van der Waals surface area contributed by atoms with E-state index < -0.39 is 0 Å². The Morgan fingerprint density at radius 3 is 2.25 bits per heavy atom. The molecule has 71 valence electrons. The van der Waals surface area contributed by atoms with Crippen LogP contribution in [-0.2, 0) is 22.4 Å². The van der Waals surface area contributed by atoms with Crippen LogP contribution in [0, 0.1) is 6.92 Å². The fourth-order valence-electron chi connectivity index (χ4n) is 0.986. The number of phenols is 1. The van der Waals surface area contributed by atoms with Crippen molar-refractivity contribution in [2.75, 3.05) is 0 Å². The molecule has 0 bridgehead atoms. The third-order valence-corrected chi connectivity index (χ3v) is 1.90. The Hall–Kier alpha value is -0.240. The van der Waals surface area contributed by atoms with Crippen LogP contribution in [0.2, 0.25) is 0 Å². The van der Waals surface area contributed by atoms with Crippen molar-refractivity contribution in [3.05, 3.63) is 29.3 Å². The number of aromatic hydroxyl groups is 1. The van der Waals surface area contributed by atoms with E-state index in [0.717, 1.165) is 5.56 Å². The SMILES string of the molecule is Cc1ccc(C(C)C)cc1O.[Ag]. The molecule has 0 unspecified atom stereocenters. The van der Waals surface area contributed by atoms with Crippen LogP contribution in [0.1, 0.15) is 30.9 Å². The summed E-state index contributed by atoms with van der Waals surface area (Å²) in [6, 6.07) is 5.84. The van der Waals surface area contributed by atoms with Gasteiger partial charge in [-0.2, -0.15) is 0 Å². The minimum atomic E-state index is 0. The minimum Gasteiger partial charge on any atom is -0.508 e. The largest absolute Gasteiger partial charge is 0.508 e. The summed E-state index contributed by atoms with van der Waals surface area (Å²) in [6.07, 6.45) is 0. The average molecular weight is 258 g/mol. The van der Waals surface area contributed by atoms with Crippen molar-refractivity contribution in [3.8, 4) is 5.75 Å². The van der Waals surface area contributed by atoms with Crippen molar-refractivity contribution in [1.82, 2.24) is 0 Å². The second-order valence-electron chi connectivity index (χ2n) is 3.20. The molecule has 1 N–H and O–H groups in total. The number of aryl methyl sites for hydroxylation is 1. The van der Waals surface area contributed by atoms with Crippen LogP contribution in [0.25, 0.3) is 0 Å². The van der Waals surface area contributed by atoms with Gasteiger partial charge >= 0.3 is 0 Å². The average Bonchev–Trinajstić information content (AvgIpc) is 1.94. The van der Waals surface area contributed by atoms with E-state index in [2.05, 4.69) is 19.9 Å². The monoisotopic (exact) mass is 257 g/mol. The van der Waals surface area contributed by atoms with Gasteiger partial charge in [-0.3, -0.25) is 0 Å². The molecule has 2 heteroatoms. The van der Waals surface area contributed by atoms with Gasteiger partial charge in [-0.25, -0.2) is 0 Å².